The first-order chi connectivity index (χ1) is 16.9. The minimum Gasteiger partial charge on any atom is -0.370 e. The average molecular weight is 504 g/mol. The van der Waals surface area contributed by atoms with Crippen LogP contribution >= 0.6 is 24.0 Å². The van der Waals surface area contributed by atoms with Crippen LogP contribution in [0.5, 0.6) is 0 Å². The SMILES string of the molecule is CC1CCN(c2c(C=C3SC(=S)N(CCc4ccccc4)C3=O)c(=O)n(C)c3ccccc23)CC1. The first kappa shape index (κ1) is 23.8. The summed E-state index contributed by atoms with van der Waals surface area (Å²) in [7, 11) is 1.80. The molecule has 2 aliphatic rings. The third-order valence-electron chi connectivity index (χ3n) is 7.03. The highest BCUT2D eigenvalue weighted by molar-refractivity contribution is 8.26. The quantitative estimate of drug-likeness (QED) is 0.353. The fourth-order valence-corrected chi connectivity index (χ4v) is 6.21. The highest BCUT2D eigenvalue weighted by Crippen LogP contribution is 2.37. The van der Waals surface area contributed by atoms with Crippen LogP contribution in [0.15, 0.2) is 64.3 Å². The summed E-state index contributed by atoms with van der Waals surface area (Å²) in [6, 6.07) is 18.1. The van der Waals surface area contributed by atoms with E-state index in [1.807, 2.05) is 36.4 Å². The summed E-state index contributed by atoms with van der Waals surface area (Å²) in [4.78, 5) is 31.5. The maximum atomic E-state index is 13.6. The number of nitrogens with zero attached hydrogens (tertiary/aromatic N) is 3. The van der Waals surface area contributed by atoms with Crippen LogP contribution < -0.4 is 10.5 Å². The number of carbonyl (C=O) groups is 1. The summed E-state index contributed by atoms with van der Waals surface area (Å²) in [6.45, 7) is 4.61. The van der Waals surface area contributed by atoms with Crippen LogP contribution in [0, 0.1) is 5.92 Å². The van der Waals surface area contributed by atoms with Crippen molar-refractivity contribution in [2.24, 2.45) is 13.0 Å². The molecule has 180 valence electrons. The highest BCUT2D eigenvalue weighted by atomic mass is 32.2. The van der Waals surface area contributed by atoms with Crippen molar-refractivity contribution in [3.8, 4) is 0 Å². The molecule has 35 heavy (non-hydrogen) atoms. The summed E-state index contributed by atoms with van der Waals surface area (Å²) in [5.74, 6) is 0.553. The van der Waals surface area contributed by atoms with Gasteiger partial charge < -0.3 is 9.47 Å². The molecule has 0 N–H and O–H groups in total. The molecule has 0 bridgehead atoms. The van der Waals surface area contributed by atoms with Crippen molar-refractivity contribution >= 4 is 56.9 Å². The number of hydrogen-bond donors (Lipinski definition) is 0. The summed E-state index contributed by atoms with van der Waals surface area (Å²) in [6.07, 6.45) is 4.69. The molecule has 3 heterocycles. The van der Waals surface area contributed by atoms with Crippen LogP contribution in [0.3, 0.4) is 0 Å². The Morgan fingerprint density at radius 1 is 1.03 bits per heavy atom. The molecule has 2 aromatic carbocycles. The van der Waals surface area contributed by atoms with Gasteiger partial charge in [0, 0.05) is 32.1 Å². The molecule has 1 amide bonds. The maximum absolute atomic E-state index is 13.6. The number of hydrogen-bond acceptors (Lipinski definition) is 5. The van der Waals surface area contributed by atoms with E-state index in [2.05, 4.69) is 30.0 Å². The fraction of sp³-hybridized carbons (Fsp3) is 0.321. The van der Waals surface area contributed by atoms with Gasteiger partial charge in [0.15, 0.2) is 0 Å². The van der Waals surface area contributed by atoms with Gasteiger partial charge in [-0.15, -0.1) is 0 Å². The lowest BCUT2D eigenvalue weighted by atomic mass is 9.97. The number of pyridine rings is 1. The molecule has 2 aliphatic heterocycles. The smallest absolute Gasteiger partial charge is 0.266 e. The number of rotatable bonds is 5. The summed E-state index contributed by atoms with van der Waals surface area (Å²) < 4.78 is 2.23. The second-order valence-corrected chi connectivity index (χ2v) is 11.1. The number of carbonyl (C=O) groups excluding carboxylic acids is 1. The number of aryl methyl sites for hydroxylation is 1. The van der Waals surface area contributed by atoms with Crippen molar-refractivity contribution < 1.29 is 4.79 Å². The molecule has 2 saturated heterocycles. The van der Waals surface area contributed by atoms with E-state index in [0.717, 1.165) is 54.5 Å². The molecule has 7 heteroatoms. The Hall–Kier alpha value is -2.90. The first-order valence-corrected chi connectivity index (χ1v) is 13.3. The van der Waals surface area contributed by atoms with Crippen molar-refractivity contribution in [3.63, 3.8) is 0 Å². The Morgan fingerprint density at radius 3 is 2.46 bits per heavy atom. The zero-order valence-corrected chi connectivity index (χ0v) is 21.7. The van der Waals surface area contributed by atoms with Gasteiger partial charge in [-0.3, -0.25) is 14.5 Å². The molecule has 0 radical (unpaired) electrons. The topological polar surface area (TPSA) is 45.6 Å². The summed E-state index contributed by atoms with van der Waals surface area (Å²) in [5.41, 5.74) is 3.48. The molecule has 3 aromatic rings. The van der Waals surface area contributed by atoms with Crippen molar-refractivity contribution in [1.29, 1.82) is 0 Å². The molecular weight excluding hydrogens is 474 g/mol. The van der Waals surface area contributed by atoms with Crippen LogP contribution in [0.2, 0.25) is 0 Å². The zero-order chi connectivity index (χ0) is 24.5. The highest BCUT2D eigenvalue weighted by Gasteiger charge is 2.33. The second-order valence-electron chi connectivity index (χ2n) is 9.38. The summed E-state index contributed by atoms with van der Waals surface area (Å²) >= 11 is 6.86. The van der Waals surface area contributed by atoms with E-state index < -0.39 is 0 Å². The predicted octanol–water partition coefficient (Wildman–Crippen LogP) is 5.22. The van der Waals surface area contributed by atoms with Crippen molar-refractivity contribution in [2.75, 3.05) is 24.5 Å². The Morgan fingerprint density at radius 2 is 1.71 bits per heavy atom. The predicted molar refractivity (Wildman–Crippen MR) is 150 cm³/mol. The second kappa shape index (κ2) is 9.99. The monoisotopic (exact) mass is 503 g/mol. The number of aromatic nitrogens is 1. The van der Waals surface area contributed by atoms with E-state index in [-0.39, 0.29) is 11.5 Å². The molecule has 5 nitrogen and oxygen atoms in total. The van der Waals surface area contributed by atoms with Crippen LogP contribution in [-0.4, -0.2) is 39.3 Å². The molecule has 0 spiro atoms. The Kier molecular flexibility index (Phi) is 6.80. The van der Waals surface area contributed by atoms with E-state index in [0.29, 0.717) is 27.3 Å². The molecule has 5 rings (SSSR count). The lowest BCUT2D eigenvalue weighted by molar-refractivity contribution is -0.122. The molecule has 0 saturated carbocycles. The minimum atomic E-state index is -0.121. The molecule has 0 atom stereocenters. The lowest BCUT2D eigenvalue weighted by Crippen LogP contribution is -2.35. The maximum Gasteiger partial charge on any atom is 0.266 e. The van der Waals surface area contributed by atoms with Crippen molar-refractivity contribution in [2.45, 2.75) is 26.2 Å². The standard InChI is InChI=1S/C28H29N3O2S2/c1-19-12-15-30(16-13-19)25-21-10-6-7-11-23(21)29(2)26(32)22(25)18-24-27(33)31(28(34)35-24)17-14-20-8-4-3-5-9-20/h3-11,18-19H,12-17H2,1-2H3. The van der Waals surface area contributed by atoms with Gasteiger partial charge in [-0.2, -0.15) is 0 Å². The van der Waals surface area contributed by atoms with Gasteiger partial charge in [-0.1, -0.05) is 79.4 Å². The number of benzene rings is 2. The fourth-order valence-electron chi connectivity index (χ4n) is 4.92. The number of anilines is 1. The average Bonchev–Trinajstić information content (AvgIpc) is 3.14. The van der Waals surface area contributed by atoms with Gasteiger partial charge >= 0.3 is 0 Å². The van der Waals surface area contributed by atoms with Crippen LogP contribution in [0.4, 0.5) is 5.69 Å². The van der Waals surface area contributed by atoms with Crippen LogP contribution in [0.25, 0.3) is 17.0 Å². The number of para-hydroxylation sites is 1. The van der Waals surface area contributed by atoms with Crippen molar-refractivity contribution in [1.82, 2.24) is 9.47 Å². The van der Waals surface area contributed by atoms with Gasteiger partial charge in [-0.05, 0) is 42.9 Å². The van der Waals surface area contributed by atoms with Crippen molar-refractivity contribution in [3.05, 3.63) is 81.0 Å². The van der Waals surface area contributed by atoms with E-state index in [1.165, 1.54) is 11.8 Å². The molecule has 0 aliphatic carbocycles. The third-order valence-corrected chi connectivity index (χ3v) is 8.40. The van der Waals surface area contributed by atoms with Gasteiger partial charge in [0.2, 0.25) is 0 Å². The normalized spacial score (nSPS) is 18.3. The van der Waals surface area contributed by atoms with E-state index in [9.17, 15) is 9.59 Å². The molecular formula is C28H29N3O2S2. The van der Waals surface area contributed by atoms with Crippen LogP contribution in [-0.2, 0) is 18.3 Å². The van der Waals surface area contributed by atoms with Gasteiger partial charge in [-0.25, -0.2) is 0 Å². The van der Waals surface area contributed by atoms with E-state index in [4.69, 9.17) is 12.2 Å². The molecule has 2 fully saturated rings. The zero-order valence-electron chi connectivity index (χ0n) is 20.1. The minimum absolute atomic E-state index is 0.0909. The number of amides is 1. The number of thiocarbonyl (C=S) groups is 1. The number of fused-ring (bicyclic) bond motifs is 1. The Labute approximate surface area is 215 Å². The van der Waals surface area contributed by atoms with Gasteiger partial charge in [0.05, 0.1) is 21.7 Å². The van der Waals surface area contributed by atoms with Gasteiger partial charge in [0.25, 0.3) is 11.5 Å². The Bertz CT molecular complexity index is 1370. The van der Waals surface area contributed by atoms with E-state index in [1.54, 1.807) is 22.6 Å². The molecule has 1 aromatic heterocycles. The van der Waals surface area contributed by atoms with Gasteiger partial charge in [0.1, 0.15) is 4.32 Å². The third kappa shape index (κ3) is 4.67. The Balaban J connectivity index is 1.54. The number of thioether (sulfide) groups is 1. The largest absolute Gasteiger partial charge is 0.370 e. The lowest BCUT2D eigenvalue weighted by Gasteiger charge is -2.34. The first-order valence-electron chi connectivity index (χ1n) is 12.1. The van der Waals surface area contributed by atoms with Crippen LogP contribution in [0.1, 0.15) is 30.9 Å². The number of piperidine rings is 1. The molecule has 0 unspecified atom stereocenters. The van der Waals surface area contributed by atoms with E-state index >= 15 is 0 Å². The summed E-state index contributed by atoms with van der Waals surface area (Å²) in [5, 5.41) is 1.04.